The molecule has 0 atom stereocenters. The number of nitrogens with zero attached hydrogens (tertiary/aromatic N) is 2. The maximum absolute atomic E-state index is 11.7. The van der Waals surface area contributed by atoms with Crippen LogP contribution in [-0.4, -0.2) is 22.8 Å². The molecule has 0 aliphatic carbocycles. The van der Waals surface area contributed by atoms with Crippen LogP contribution in [0.1, 0.15) is 5.56 Å². The number of hydrazone groups is 1. The second-order valence-electron chi connectivity index (χ2n) is 4.39. The molecule has 118 valence electrons. The molecule has 2 aromatic rings. The van der Waals surface area contributed by atoms with Gasteiger partial charge in [-0.05, 0) is 52.4 Å². The van der Waals surface area contributed by atoms with E-state index in [1.165, 1.54) is 23.9 Å². The van der Waals surface area contributed by atoms with Crippen molar-refractivity contribution in [2.24, 2.45) is 5.10 Å². The molecule has 8 heteroatoms. The quantitative estimate of drug-likeness (QED) is 0.245. The first kappa shape index (κ1) is 17.4. The zero-order chi connectivity index (χ0) is 16.7. The third kappa shape index (κ3) is 5.99. The van der Waals surface area contributed by atoms with Crippen molar-refractivity contribution in [3.8, 4) is 0 Å². The van der Waals surface area contributed by atoms with E-state index in [9.17, 15) is 14.9 Å². The Hall–Kier alpha value is -1.94. The molecule has 6 nitrogen and oxygen atoms in total. The number of thioether (sulfide) groups is 1. The third-order valence-corrected chi connectivity index (χ3v) is 4.35. The number of halogens is 1. The molecule has 2 aromatic carbocycles. The van der Waals surface area contributed by atoms with Gasteiger partial charge < -0.3 is 0 Å². The predicted molar refractivity (Wildman–Crippen MR) is 98.7 cm³/mol. The third-order valence-electron chi connectivity index (χ3n) is 2.67. The second-order valence-corrected chi connectivity index (χ2v) is 6.68. The van der Waals surface area contributed by atoms with Crippen LogP contribution < -0.4 is 5.43 Å². The summed E-state index contributed by atoms with van der Waals surface area (Å²) in [5, 5.41) is 14.5. The van der Waals surface area contributed by atoms with E-state index in [-0.39, 0.29) is 17.3 Å². The first-order valence-electron chi connectivity index (χ1n) is 6.49. The standard InChI is InChI=1S/C15H12IN3O3S/c16-12-3-1-2-11(8-12)9-17-18-15(20)10-23-14-6-4-13(5-7-14)19(21)22/h1-9H,10H2,(H,18,20). The number of hydrogen-bond acceptors (Lipinski definition) is 5. The summed E-state index contributed by atoms with van der Waals surface area (Å²) < 4.78 is 1.09. The Kier molecular flexibility index (Phi) is 6.53. The summed E-state index contributed by atoms with van der Waals surface area (Å²) in [6.07, 6.45) is 1.58. The van der Waals surface area contributed by atoms with Gasteiger partial charge in [0.05, 0.1) is 16.9 Å². The second kappa shape index (κ2) is 8.63. The van der Waals surface area contributed by atoms with Crippen LogP contribution in [-0.2, 0) is 4.79 Å². The molecule has 1 amide bonds. The molecule has 0 saturated carbocycles. The number of hydrogen-bond donors (Lipinski definition) is 1. The Morgan fingerprint density at radius 3 is 2.70 bits per heavy atom. The largest absolute Gasteiger partial charge is 0.272 e. The molecule has 0 aliphatic heterocycles. The van der Waals surface area contributed by atoms with E-state index in [2.05, 4.69) is 33.1 Å². The van der Waals surface area contributed by atoms with Gasteiger partial charge in [0.25, 0.3) is 5.69 Å². The molecule has 0 aromatic heterocycles. The van der Waals surface area contributed by atoms with Crippen molar-refractivity contribution in [2.45, 2.75) is 4.90 Å². The van der Waals surface area contributed by atoms with E-state index < -0.39 is 4.92 Å². The number of nitro benzene ring substituents is 1. The van der Waals surface area contributed by atoms with Crippen molar-refractivity contribution < 1.29 is 9.72 Å². The number of non-ortho nitro benzene ring substituents is 1. The summed E-state index contributed by atoms with van der Waals surface area (Å²) in [4.78, 5) is 22.6. The van der Waals surface area contributed by atoms with Crippen LogP contribution in [0.2, 0.25) is 0 Å². The number of carbonyl (C=O) groups excluding carboxylic acids is 1. The van der Waals surface area contributed by atoms with Crippen molar-refractivity contribution in [1.29, 1.82) is 0 Å². The average Bonchev–Trinajstić information content (AvgIpc) is 2.53. The van der Waals surface area contributed by atoms with Gasteiger partial charge in [-0.1, -0.05) is 12.1 Å². The molecule has 0 spiro atoms. The lowest BCUT2D eigenvalue weighted by Crippen LogP contribution is -2.19. The molecule has 0 saturated heterocycles. The molecule has 1 N–H and O–H groups in total. The first-order chi connectivity index (χ1) is 11.0. The molecule has 23 heavy (non-hydrogen) atoms. The molecule has 0 fully saturated rings. The van der Waals surface area contributed by atoms with Gasteiger partial charge in [0.15, 0.2) is 0 Å². The van der Waals surface area contributed by atoms with Gasteiger partial charge in [0.2, 0.25) is 5.91 Å². The average molecular weight is 441 g/mol. The van der Waals surface area contributed by atoms with Crippen LogP contribution in [0.4, 0.5) is 5.69 Å². The maximum Gasteiger partial charge on any atom is 0.269 e. The van der Waals surface area contributed by atoms with E-state index in [0.717, 1.165) is 14.0 Å². The van der Waals surface area contributed by atoms with Crippen molar-refractivity contribution in [3.63, 3.8) is 0 Å². The summed E-state index contributed by atoms with van der Waals surface area (Å²) in [6, 6.07) is 13.8. The summed E-state index contributed by atoms with van der Waals surface area (Å²) in [5.41, 5.74) is 3.38. The van der Waals surface area contributed by atoms with E-state index in [0.29, 0.717) is 0 Å². The summed E-state index contributed by atoms with van der Waals surface area (Å²) in [6.45, 7) is 0. The fourth-order valence-electron chi connectivity index (χ4n) is 1.61. The summed E-state index contributed by atoms with van der Waals surface area (Å²) in [7, 11) is 0. The predicted octanol–water partition coefficient (Wildman–Crippen LogP) is 3.44. The van der Waals surface area contributed by atoms with Crippen molar-refractivity contribution in [3.05, 3.63) is 67.8 Å². The van der Waals surface area contributed by atoms with E-state index in [1.807, 2.05) is 24.3 Å². The number of nitro groups is 1. The van der Waals surface area contributed by atoms with E-state index >= 15 is 0 Å². The van der Waals surface area contributed by atoms with Crippen LogP contribution in [0, 0.1) is 13.7 Å². The highest BCUT2D eigenvalue weighted by atomic mass is 127. The Morgan fingerprint density at radius 2 is 2.04 bits per heavy atom. The van der Waals surface area contributed by atoms with Crippen molar-refractivity contribution in [1.82, 2.24) is 5.43 Å². The lowest BCUT2D eigenvalue weighted by molar-refractivity contribution is -0.384. The Balaban J connectivity index is 1.79. The van der Waals surface area contributed by atoms with Gasteiger partial charge in [0.1, 0.15) is 0 Å². The highest BCUT2D eigenvalue weighted by molar-refractivity contribution is 14.1. The molecule has 0 unspecified atom stereocenters. The zero-order valence-electron chi connectivity index (χ0n) is 11.8. The fraction of sp³-hybridized carbons (Fsp3) is 0.0667. The minimum atomic E-state index is -0.458. The first-order valence-corrected chi connectivity index (χ1v) is 8.56. The van der Waals surface area contributed by atoms with Crippen LogP contribution in [0.5, 0.6) is 0 Å². The molecule has 0 bridgehead atoms. The zero-order valence-corrected chi connectivity index (χ0v) is 14.8. The number of benzene rings is 2. The maximum atomic E-state index is 11.7. The number of nitrogens with one attached hydrogen (secondary N) is 1. The van der Waals surface area contributed by atoms with Crippen LogP contribution in [0.25, 0.3) is 0 Å². The SMILES string of the molecule is O=C(CSc1ccc([N+](=O)[O-])cc1)NN=Cc1cccc(I)c1. The lowest BCUT2D eigenvalue weighted by Gasteiger charge is -2.01. The van der Waals surface area contributed by atoms with Gasteiger partial charge in [-0.2, -0.15) is 5.10 Å². The highest BCUT2D eigenvalue weighted by Gasteiger charge is 2.06. The summed E-state index contributed by atoms with van der Waals surface area (Å²) >= 11 is 3.49. The smallest absolute Gasteiger partial charge is 0.269 e. The molecule has 0 heterocycles. The Labute approximate surface area is 150 Å². The topological polar surface area (TPSA) is 84.6 Å². The number of carbonyl (C=O) groups is 1. The summed E-state index contributed by atoms with van der Waals surface area (Å²) in [5.74, 6) is -0.0585. The van der Waals surface area contributed by atoms with Gasteiger partial charge in [-0.3, -0.25) is 14.9 Å². The van der Waals surface area contributed by atoms with Crippen LogP contribution >= 0.6 is 34.4 Å². The van der Waals surface area contributed by atoms with Gasteiger partial charge in [-0.25, -0.2) is 5.43 Å². The van der Waals surface area contributed by atoms with Crippen LogP contribution in [0.15, 0.2) is 58.5 Å². The Bertz CT molecular complexity index is 735. The minimum Gasteiger partial charge on any atom is -0.272 e. The number of amides is 1. The van der Waals surface area contributed by atoms with Gasteiger partial charge in [0, 0.05) is 20.6 Å². The normalized spacial score (nSPS) is 10.7. The van der Waals surface area contributed by atoms with Crippen molar-refractivity contribution >= 4 is 52.2 Å². The molecule has 0 aliphatic rings. The van der Waals surface area contributed by atoms with E-state index in [4.69, 9.17) is 0 Å². The lowest BCUT2D eigenvalue weighted by atomic mass is 10.2. The Morgan fingerprint density at radius 1 is 1.30 bits per heavy atom. The van der Waals surface area contributed by atoms with Crippen LogP contribution in [0.3, 0.4) is 0 Å². The fourth-order valence-corrected chi connectivity index (χ4v) is 2.87. The molecule has 2 rings (SSSR count). The van der Waals surface area contributed by atoms with Gasteiger partial charge >= 0.3 is 0 Å². The van der Waals surface area contributed by atoms with Gasteiger partial charge in [-0.15, -0.1) is 11.8 Å². The molecular weight excluding hydrogens is 429 g/mol. The highest BCUT2D eigenvalue weighted by Crippen LogP contribution is 2.20. The monoisotopic (exact) mass is 441 g/mol. The van der Waals surface area contributed by atoms with E-state index in [1.54, 1.807) is 18.3 Å². The number of rotatable bonds is 6. The molecule has 0 radical (unpaired) electrons. The minimum absolute atomic E-state index is 0.0286. The van der Waals surface area contributed by atoms with Crippen molar-refractivity contribution in [2.75, 3.05) is 5.75 Å². The molecular formula is C15H12IN3O3S.